The van der Waals surface area contributed by atoms with Crippen LogP contribution in [0.3, 0.4) is 0 Å². The maximum atomic E-state index is 12.9. The van der Waals surface area contributed by atoms with Gasteiger partial charge in [0, 0.05) is 6.20 Å². The van der Waals surface area contributed by atoms with Crippen LogP contribution in [0.25, 0.3) is 11.0 Å². The van der Waals surface area contributed by atoms with E-state index < -0.39 is 10.0 Å². The van der Waals surface area contributed by atoms with Gasteiger partial charge in [-0.25, -0.2) is 17.4 Å². The monoisotopic (exact) mass is 348 g/mol. The third-order valence-electron chi connectivity index (χ3n) is 3.75. The van der Waals surface area contributed by atoms with Crippen LogP contribution in [0.2, 0.25) is 5.15 Å². The zero-order chi connectivity index (χ0) is 16.8. The molecule has 6 heteroatoms. The predicted molar refractivity (Wildman–Crippen MR) is 92.5 cm³/mol. The van der Waals surface area contributed by atoms with Gasteiger partial charge in [0.05, 0.1) is 15.9 Å². The van der Waals surface area contributed by atoms with Crippen molar-refractivity contribution in [2.75, 3.05) is 0 Å². The fraction of sp³-hybridized carbons (Fsp3) is 0.235. The average Bonchev–Trinajstić information content (AvgIpc) is 2.90. The molecule has 0 aliphatic rings. The Morgan fingerprint density at radius 2 is 1.65 bits per heavy atom. The molecule has 2 heterocycles. The summed E-state index contributed by atoms with van der Waals surface area (Å²) < 4.78 is 26.9. The molecule has 0 unspecified atom stereocenters. The second-order valence-electron chi connectivity index (χ2n) is 6.43. The second-order valence-corrected chi connectivity index (χ2v) is 8.63. The summed E-state index contributed by atoms with van der Waals surface area (Å²) >= 11 is 5.85. The smallest absolute Gasteiger partial charge is 0.240 e. The summed E-state index contributed by atoms with van der Waals surface area (Å²) in [6.07, 6.45) is 1.50. The molecule has 4 nitrogen and oxygen atoms in total. The highest BCUT2D eigenvalue weighted by Crippen LogP contribution is 2.26. The molecule has 0 spiro atoms. The molecule has 3 aromatic rings. The van der Waals surface area contributed by atoms with Crippen LogP contribution in [0.5, 0.6) is 0 Å². The van der Waals surface area contributed by atoms with Crippen molar-refractivity contribution >= 4 is 32.7 Å². The van der Waals surface area contributed by atoms with E-state index in [1.54, 1.807) is 30.3 Å². The summed E-state index contributed by atoms with van der Waals surface area (Å²) in [6, 6.07) is 11.9. The van der Waals surface area contributed by atoms with Crippen LogP contribution in [0.4, 0.5) is 0 Å². The summed E-state index contributed by atoms with van der Waals surface area (Å²) in [5.41, 5.74) is 2.12. The number of hydrogen-bond donors (Lipinski definition) is 0. The number of hydrogen-bond acceptors (Lipinski definition) is 3. The van der Waals surface area contributed by atoms with Crippen LogP contribution >= 0.6 is 11.6 Å². The fourth-order valence-corrected chi connectivity index (χ4v) is 3.92. The number of halogens is 1. The van der Waals surface area contributed by atoms with Crippen LogP contribution in [-0.2, 0) is 15.4 Å². The highest BCUT2D eigenvalue weighted by molar-refractivity contribution is 7.90. The van der Waals surface area contributed by atoms with Crippen molar-refractivity contribution in [2.24, 2.45) is 0 Å². The summed E-state index contributed by atoms with van der Waals surface area (Å²) in [5.74, 6) is 0. The summed E-state index contributed by atoms with van der Waals surface area (Å²) in [7, 11) is -3.66. The van der Waals surface area contributed by atoms with Gasteiger partial charge in [-0.3, -0.25) is 0 Å². The molecule has 0 amide bonds. The maximum Gasteiger partial charge on any atom is 0.268 e. The first-order chi connectivity index (χ1) is 10.7. The van der Waals surface area contributed by atoms with E-state index in [4.69, 9.17) is 11.6 Å². The van der Waals surface area contributed by atoms with Gasteiger partial charge in [-0.1, -0.05) is 44.5 Å². The van der Waals surface area contributed by atoms with Crippen LogP contribution in [-0.4, -0.2) is 17.4 Å². The van der Waals surface area contributed by atoms with Crippen LogP contribution < -0.4 is 0 Å². The molecular formula is C17H17ClN2O2S. The Morgan fingerprint density at radius 1 is 1.00 bits per heavy atom. The molecule has 0 saturated carbocycles. The van der Waals surface area contributed by atoms with E-state index >= 15 is 0 Å². The van der Waals surface area contributed by atoms with Gasteiger partial charge in [-0.05, 0) is 41.3 Å². The van der Waals surface area contributed by atoms with Gasteiger partial charge in [-0.15, -0.1) is 0 Å². The number of rotatable bonds is 2. The van der Waals surface area contributed by atoms with Crippen LogP contribution in [0.1, 0.15) is 26.3 Å². The summed E-state index contributed by atoms with van der Waals surface area (Å²) in [4.78, 5) is 4.38. The van der Waals surface area contributed by atoms with Crippen molar-refractivity contribution in [1.82, 2.24) is 8.96 Å². The average molecular weight is 349 g/mol. The second kappa shape index (κ2) is 5.35. The zero-order valence-corrected chi connectivity index (χ0v) is 14.7. The van der Waals surface area contributed by atoms with Gasteiger partial charge in [0.25, 0.3) is 10.0 Å². The first-order valence-electron chi connectivity index (χ1n) is 7.19. The number of aromatic nitrogens is 2. The quantitative estimate of drug-likeness (QED) is 0.651. The lowest BCUT2D eigenvalue weighted by molar-refractivity contribution is 0.583. The van der Waals surface area contributed by atoms with Gasteiger partial charge >= 0.3 is 0 Å². The van der Waals surface area contributed by atoms with Gasteiger partial charge in [0.1, 0.15) is 5.15 Å². The lowest BCUT2D eigenvalue weighted by Crippen LogP contribution is -2.14. The van der Waals surface area contributed by atoms with Crippen molar-refractivity contribution in [3.8, 4) is 0 Å². The molecule has 0 fully saturated rings. The summed E-state index contributed by atoms with van der Waals surface area (Å²) in [6.45, 7) is 6.27. The number of fused-ring (bicyclic) bond motifs is 1. The molecule has 0 aliphatic carbocycles. The third kappa shape index (κ3) is 2.86. The van der Waals surface area contributed by atoms with Crippen molar-refractivity contribution in [2.45, 2.75) is 31.1 Å². The lowest BCUT2D eigenvalue weighted by atomic mass is 9.87. The predicted octanol–water partition coefficient (Wildman–Crippen LogP) is 4.22. The van der Waals surface area contributed by atoms with Crippen LogP contribution in [0, 0.1) is 0 Å². The first-order valence-corrected chi connectivity index (χ1v) is 9.01. The standard InChI is InChI=1S/C17H17ClN2O2S/c1-17(2,3)12-4-6-13(7-5-12)23(21,22)20-11-10-14-15(20)8-9-16(18)19-14/h4-11H,1-3H3. The molecule has 3 rings (SSSR count). The topological polar surface area (TPSA) is 52.0 Å². The minimum absolute atomic E-state index is 0.0247. The van der Waals surface area contributed by atoms with E-state index in [-0.39, 0.29) is 10.3 Å². The minimum atomic E-state index is -3.66. The largest absolute Gasteiger partial charge is 0.268 e. The lowest BCUT2D eigenvalue weighted by Gasteiger charge is -2.19. The van der Waals surface area contributed by atoms with E-state index in [9.17, 15) is 8.42 Å². The Hall–Kier alpha value is -1.85. The molecule has 0 atom stereocenters. The summed E-state index contributed by atoms with van der Waals surface area (Å²) in [5, 5.41) is 0.335. The van der Waals surface area contributed by atoms with Gasteiger partial charge < -0.3 is 0 Å². The molecule has 120 valence electrons. The Kier molecular flexibility index (Phi) is 3.73. The fourth-order valence-electron chi connectivity index (χ4n) is 2.42. The molecule has 1 aromatic carbocycles. The van der Waals surface area contributed by atoms with Crippen molar-refractivity contribution < 1.29 is 8.42 Å². The molecule has 0 radical (unpaired) electrons. The molecule has 0 aliphatic heterocycles. The highest BCUT2D eigenvalue weighted by Gasteiger charge is 2.21. The maximum absolute atomic E-state index is 12.9. The molecule has 0 N–H and O–H groups in total. The molecular weight excluding hydrogens is 332 g/mol. The Bertz CT molecular complexity index is 968. The van der Waals surface area contributed by atoms with Gasteiger partial charge in [0.2, 0.25) is 0 Å². The molecule has 0 bridgehead atoms. The molecule has 0 saturated heterocycles. The van der Waals surface area contributed by atoms with Gasteiger partial charge in [0.15, 0.2) is 0 Å². The highest BCUT2D eigenvalue weighted by atomic mass is 35.5. The Balaban J connectivity index is 2.10. The van der Waals surface area contributed by atoms with E-state index in [0.29, 0.717) is 16.2 Å². The number of benzene rings is 1. The van der Waals surface area contributed by atoms with Crippen molar-refractivity contribution in [3.05, 3.63) is 59.4 Å². The van der Waals surface area contributed by atoms with Crippen molar-refractivity contribution in [3.63, 3.8) is 0 Å². The number of nitrogens with zero attached hydrogens (tertiary/aromatic N) is 2. The van der Waals surface area contributed by atoms with Gasteiger partial charge in [-0.2, -0.15) is 0 Å². The molecule has 23 heavy (non-hydrogen) atoms. The van der Waals surface area contributed by atoms with E-state index in [0.717, 1.165) is 5.56 Å². The first kappa shape index (κ1) is 16.0. The molecule has 2 aromatic heterocycles. The Morgan fingerprint density at radius 3 is 2.26 bits per heavy atom. The van der Waals surface area contributed by atoms with E-state index in [1.807, 2.05) is 12.1 Å². The van der Waals surface area contributed by atoms with Crippen LogP contribution in [0.15, 0.2) is 53.6 Å². The van der Waals surface area contributed by atoms with E-state index in [2.05, 4.69) is 25.8 Å². The zero-order valence-electron chi connectivity index (χ0n) is 13.1. The Labute approximate surface area is 140 Å². The van der Waals surface area contributed by atoms with Crippen molar-refractivity contribution in [1.29, 1.82) is 0 Å². The number of pyridine rings is 1. The SMILES string of the molecule is CC(C)(C)c1ccc(S(=O)(=O)n2ccc3nc(Cl)ccc32)cc1. The van der Waals surface area contributed by atoms with E-state index in [1.165, 1.54) is 10.2 Å². The third-order valence-corrected chi connectivity index (χ3v) is 5.67. The normalized spacial score (nSPS) is 12.7. The minimum Gasteiger partial charge on any atom is -0.240 e.